The molecule has 1 aromatic heterocycles. The molecule has 0 bridgehead atoms. The Balaban J connectivity index is 1.39. The molecule has 0 amide bonds. The van der Waals surface area contributed by atoms with E-state index in [1.165, 1.54) is 27.7 Å². The second-order valence-corrected chi connectivity index (χ2v) is 12.7. The van der Waals surface area contributed by atoms with Crippen LogP contribution in [0.15, 0.2) is 47.5 Å². The summed E-state index contributed by atoms with van der Waals surface area (Å²) in [5, 5.41) is 26.2. The lowest BCUT2D eigenvalue weighted by Gasteiger charge is -2.20. The Morgan fingerprint density at radius 1 is 1.12 bits per heavy atom. The van der Waals surface area contributed by atoms with E-state index in [2.05, 4.69) is 25.5 Å². The molecule has 0 spiro atoms. The largest absolute Gasteiger partial charge is 0.495 e. The van der Waals surface area contributed by atoms with Crippen molar-refractivity contribution >= 4 is 44.8 Å². The van der Waals surface area contributed by atoms with E-state index in [9.17, 15) is 18.6 Å². The van der Waals surface area contributed by atoms with E-state index in [-0.39, 0.29) is 40.9 Å². The summed E-state index contributed by atoms with van der Waals surface area (Å²) >= 11 is 6.43. The predicted octanol–water partition coefficient (Wildman–Crippen LogP) is 3.16. The topological polar surface area (TPSA) is 140 Å². The van der Waals surface area contributed by atoms with Crippen molar-refractivity contribution < 1.29 is 23.4 Å². The second-order valence-electron chi connectivity index (χ2n) is 10.4. The Morgan fingerprint density at radius 2 is 1.85 bits per heavy atom. The van der Waals surface area contributed by atoms with Gasteiger partial charge in [-0.2, -0.15) is 9.29 Å². The minimum atomic E-state index is -3.85. The summed E-state index contributed by atoms with van der Waals surface area (Å²) in [5.41, 5.74) is 3.38. The first-order valence-electron chi connectivity index (χ1n) is 13.6. The maximum absolute atomic E-state index is 13.3. The highest BCUT2D eigenvalue weighted by Gasteiger charge is 2.33. The average molecular weight is 603 g/mol. The number of rotatable bonds is 9. The van der Waals surface area contributed by atoms with Gasteiger partial charge in [0.15, 0.2) is 5.82 Å². The van der Waals surface area contributed by atoms with E-state index < -0.39 is 16.1 Å². The molecular weight excluding hydrogens is 568 g/mol. The van der Waals surface area contributed by atoms with Crippen LogP contribution in [0.3, 0.4) is 0 Å². The standard InChI is InChI=1S/C28H35ClN6O5S/c1-18(36)16-34-10-7-19-13-24(25(40-2)14-20(19)8-11-34)32-28-30-15-22(29)27(33-28)31-23-5-3-4-6-26(23)41(38,39)35-12-9-21(37)17-35/h3-6,13-15,18,21,36-37H,7-12,16-17H2,1-2H3,(H2,30,31,32,33)/t18-,21-/m0/s1. The Bertz CT molecular complexity index is 1510. The van der Waals surface area contributed by atoms with Crippen molar-refractivity contribution in [1.82, 2.24) is 19.2 Å². The van der Waals surface area contributed by atoms with Gasteiger partial charge in [0.1, 0.15) is 15.7 Å². The average Bonchev–Trinajstić information content (AvgIpc) is 3.30. The molecule has 11 nitrogen and oxygen atoms in total. The third-order valence-corrected chi connectivity index (χ3v) is 9.51. The number of halogens is 1. The monoisotopic (exact) mass is 602 g/mol. The van der Waals surface area contributed by atoms with Crippen LogP contribution in [0.4, 0.5) is 23.1 Å². The first kappa shape index (κ1) is 29.5. The summed E-state index contributed by atoms with van der Waals surface area (Å²) in [5.74, 6) is 1.13. The normalized spacial score (nSPS) is 18.9. The van der Waals surface area contributed by atoms with Crippen molar-refractivity contribution in [2.45, 2.75) is 43.3 Å². The Hall–Kier alpha value is -3.00. The van der Waals surface area contributed by atoms with E-state index in [1.54, 1.807) is 32.2 Å². The third-order valence-electron chi connectivity index (χ3n) is 7.31. The van der Waals surface area contributed by atoms with Crippen LogP contribution in [-0.2, 0) is 22.9 Å². The van der Waals surface area contributed by atoms with Crippen molar-refractivity contribution in [3.8, 4) is 5.75 Å². The quantitative estimate of drug-likeness (QED) is 0.289. The first-order valence-corrected chi connectivity index (χ1v) is 15.4. The number of β-amino-alcohol motifs (C(OH)–C–C–N with tert-alkyl or cyclic N) is 2. The number of anilines is 4. The number of aliphatic hydroxyl groups excluding tert-OH is 2. The van der Waals surface area contributed by atoms with Crippen molar-refractivity contribution in [2.24, 2.45) is 0 Å². The lowest BCUT2D eigenvalue weighted by Crippen LogP contribution is -2.33. The molecular formula is C28H35ClN6O5S. The molecule has 220 valence electrons. The number of hydrogen-bond acceptors (Lipinski definition) is 10. The van der Waals surface area contributed by atoms with Crippen molar-refractivity contribution in [1.29, 1.82) is 0 Å². The highest BCUT2D eigenvalue weighted by Crippen LogP contribution is 2.34. The summed E-state index contributed by atoms with van der Waals surface area (Å²) in [6, 6.07) is 10.6. The molecule has 41 heavy (non-hydrogen) atoms. The van der Waals surface area contributed by atoms with Gasteiger partial charge in [-0.1, -0.05) is 23.7 Å². The van der Waals surface area contributed by atoms with Crippen LogP contribution in [0, 0.1) is 0 Å². The Labute approximate surface area is 245 Å². The number of ether oxygens (including phenoxy) is 1. The number of aromatic nitrogens is 2. The van der Waals surface area contributed by atoms with E-state index in [1.807, 2.05) is 12.1 Å². The molecule has 4 N–H and O–H groups in total. The predicted molar refractivity (Wildman–Crippen MR) is 158 cm³/mol. The number of hydrogen-bond donors (Lipinski definition) is 4. The number of benzene rings is 2. The molecule has 5 rings (SSSR count). The molecule has 2 atom stereocenters. The molecule has 3 heterocycles. The van der Waals surface area contributed by atoms with Gasteiger partial charge in [0.25, 0.3) is 0 Å². The lowest BCUT2D eigenvalue weighted by atomic mass is 10.0. The Morgan fingerprint density at radius 3 is 2.54 bits per heavy atom. The molecule has 3 aromatic rings. The van der Waals surface area contributed by atoms with E-state index in [4.69, 9.17) is 16.3 Å². The van der Waals surface area contributed by atoms with Gasteiger partial charge in [-0.05, 0) is 61.6 Å². The number of aliphatic hydroxyl groups is 2. The maximum Gasteiger partial charge on any atom is 0.245 e. The van der Waals surface area contributed by atoms with Crippen LogP contribution in [0.25, 0.3) is 0 Å². The van der Waals surface area contributed by atoms with Crippen LogP contribution in [0.2, 0.25) is 5.02 Å². The van der Waals surface area contributed by atoms with Gasteiger partial charge in [-0.25, -0.2) is 13.4 Å². The Kier molecular flexibility index (Phi) is 8.97. The highest BCUT2D eigenvalue weighted by atomic mass is 35.5. The molecule has 1 saturated heterocycles. The number of fused-ring (bicyclic) bond motifs is 1. The molecule has 0 unspecified atom stereocenters. The lowest BCUT2D eigenvalue weighted by molar-refractivity contribution is 0.129. The molecule has 13 heteroatoms. The SMILES string of the molecule is COc1cc2c(cc1Nc1ncc(Cl)c(Nc3ccccc3S(=O)(=O)N3CC[C@H](O)C3)n1)CCN(C[C@H](C)O)CC2. The molecule has 0 saturated carbocycles. The van der Waals surface area contributed by atoms with Gasteiger partial charge in [0.2, 0.25) is 16.0 Å². The number of methoxy groups -OCH3 is 1. The van der Waals surface area contributed by atoms with E-state index in [0.717, 1.165) is 25.9 Å². The van der Waals surface area contributed by atoms with E-state index >= 15 is 0 Å². The van der Waals surface area contributed by atoms with E-state index in [0.29, 0.717) is 30.1 Å². The van der Waals surface area contributed by atoms with Gasteiger partial charge >= 0.3 is 0 Å². The summed E-state index contributed by atoms with van der Waals surface area (Å²) in [6.45, 7) is 4.44. The fourth-order valence-electron chi connectivity index (χ4n) is 5.25. The number of para-hydroxylation sites is 1. The zero-order chi connectivity index (χ0) is 29.1. The van der Waals surface area contributed by atoms with Gasteiger partial charge in [-0.3, -0.25) is 0 Å². The van der Waals surface area contributed by atoms with Crippen LogP contribution >= 0.6 is 11.6 Å². The first-order chi connectivity index (χ1) is 19.6. The zero-order valence-electron chi connectivity index (χ0n) is 23.0. The summed E-state index contributed by atoms with van der Waals surface area (Å²) in [7, 11) is -2.24. The smallest absolute Gasteiger partial charge is 0.245 e. The fourth-order valence-corrected chi connectivity index (χ4v) is 7.03. The minimum absolute atomic E-state index is 0.0558. The number of nitrogens with zero attached hydrogens (tertiary/aromatic N) is 4. The molecule has 0 radical (unpaired) electrons. The molecule has 0 aliphatic carbocycles. The number of nitrogens with one attached hydrogen (secondary N) is 2. The van der Waals surface area contributed by atoms with Gasteiger partial charge in [-0.15, -0.1) is 0 Å². The summed E-state index contributed by atoms with van der Waals surface area (Å²) in [4.78, 5) is 11.2. The summed E-state index contributed by atoms with van der Waals surface area (Å²) < 4.78 is 33.6. The molecule has 2 aromatic carbocycles. The van der Waals surface area contributed by atoms with Crippen molar-refractivity contribution in [2.75, 3.05) is 50.5 Å². The third kappa shape index (κ3) is 6.74. The minimum Gasteiger partial charge on any atom is -0.495 e. The fraction of sp³-hybridized carbons (Fsp3) is 0.429. The van der Waals surface area contributed by atoms with Gasteiger partial charge in [0.05, 0.1) is 36.9 Å². The van der Waals surface area contributed by atoms with Crippen LogP contribution in [-0.4, -0.2) is 89.8 Å². The second kappa shape index (κ2) is 12.5. The van der Waals surface area contributed by atoms with Crippen LogP contribution < -0.4 is 15.4 Å². The maximum atomic E-state index is 13.3. The number of sulfonamides is 1. The molecule has 2 aliphatic heterocycles. The van der Waals surface area contributed by atoms with Crippen molar-refractivity contribution in [3.63, 3.8) is 0 Å². The van der Waals surface area contributed by atoms with Gasteiger partial charge in [0, 0.05) is 32.7 Å². The summed E-state index contributed by atoms with van der Waals surface area (Å²) in [6.07, 6.45) is 2.46. The highest BCUT2D eigenvalue weighted by molar-refractivity contribution is 7.89. The van der Waals surface area contributed by atoms with Crippen LogP contribution in [0.1, 0.15) is 24.5 Å². The van der Waals surface area contributed by atoms with Gasteiger partial charge < -0.3 is 30.5 Å². The van der Waals surface area contributed by atoms with Crippen LogP contribution in [0.5, 0.6) is 5.75 Å². The molecule has 1 fully saturated rings. The molecule has 2 aliphatic rings. The van der Waals surface area contributed by atoms with Crippen molar-refractivity contribution in [3.05, 3.63) is 58.7 Å². The zero-order valence-corrected chi connectivity index (χ0v) is 24.6.